The Morgan fingerprint density at radius 1 is 1.35 bits per heavy atom. The molecule has 1 aromatic carbocycles. The largest absolute Gasteiger partial charge is 0.481 e. The quantitative estimate of drug-likeness (QED) is 0.882. The molecule has 2 rings (SSSR count). The van der Waals surface area contributed by atoms with Crippen LogP contribution in [0.1, 0.15) is 11.3 Å². The summed E-state index contributed by atoms with van der Waals surface area (Å²) in [7, 11) is 0. The van der Waals surface area contributed by atoms with Gasteiger partial charge < -0.3 is 9.52 Å². The zero-order chi connectivity index (χ0) is 14.9. The van der Waals surface area contributed by atoms with Crippen LogP contribution < -0.4 is 0 Å². The number of carboxylic acid groups (broad SMARTS) is 1. The lowest BCUT2D eigenvalue weighted by Crippen LogP contribution is -2.08. The minimum absolute atomic E-state index is 0.0605. The summed E-state index contributed by atoms with van der Waals surface area (Å²) in [5, 5.41) is 8.55. The second kappa shape index (κ2) is 4.95. The van der Waals surface area contributed by atoms with Gasteiger partial charge in [-0.2, -0.15) is 13.2 Å². The summed E-state index contributed by atoms with van der Waals surface area (Å²) in [6.45, 7) is 0. The van der Waals surface area contributed by atoms with Gasteiger partial charge in [0.05, 0.1) is 17.7 Å². The number of halogens is 4. The van der Waals surface area contributed by atoms with Gasteiger partial charge in [0.25, 0.3) is 0 Å². The summed E-state index contributed by atoms with van der Waals surface area (Å²) in [5.74, 6) is -2.76. The molecule has 0 bridgehead atoms. The van der Waals surface area contributed by atoms with Crippen molar-refractivity contribution in [3.05, 3.63) is 41.5 Å². The number of hydrogen-bond acceptors (Lipinski definition) is 3. The van der Waals surface area contributed by atoms with Crippen molar-refractivity contribution < 1.29 is 31.9 Å². The molecule has 0 amide bonds. The van der Waals surface area contributed by atoms with E-state index >= 15 is 0 Å². The van der Waals surface area contributed by atoms with Crippen LogP contribution in [0.2, 0.25) is 0 Å². The van der Waals surface area contributed by atoms with Gasteiger partial charge in [0.1, 0.15) is 12.1 Å². The summed E-state index contributed by atoms with van der Waals surface area (Å²) in [5.41, 5.74) is -1.46. The predicted octanol–water partition coefficient (Wildman–Crippen LogP) is 3.13. The molecule has 1 N–H and O–H groups in total. The lowest BCUT2D eigenvalue weighted by molar-refractivity contribution is -0.140. The summed E-state index contributed by atoms with van der Waals surface area (Å²) in [6.07, 6.45) is -4.23. The van der Waals surface area contributed by atoms with Crippen LogP contribution >= 0.6 is 0 Å². The topological polar surface area (TPSA) is 63.3 Å². The molecule has 0 aliphatic rings. The van der Waals surface area contributed by atoms with Crippen LogP contribution in [-0.2, 0) is 17.4 Å². The Labute approximate surface area is 109 Å². The van der Waals surface area contributed by atoms with E-state index in [9.17, 15) is 22.4 Å². The molecular weight excluding hydrogens is 282 g/mol. The molecule has 2 aromatic rings. The Hall–Kier alpha value is -2.38. The Morgan fingerprint density at radius 2 is 2.05 bits per heavy atom. The number of rotatable bonds is 3. The van der Waals surface area contributed by atoms with E-state index in [1.807, 2.05) is 0 Å². The molecule has 1 heterocycles. The van der Waals surface area contributed by atoms with E-state index in [1.165, 1.54) is 0 Å². The van der Waals surface area contributed by atoms with Crippen LogP contribution in [-0.4, -0.2) is 16.1 Å². The summed E-state index contributed by atoms with van der Waals surface area (Å²) in [6, 6.07) is 2.28. The highest BCUT2D eigenvalue weighted by Crippen LogP contribution is 2.34. The van der Waals surface area contributed by atoms with E-state index in [0.717, 1.165) is 12.3 Å². The molecule has 0 fully saturated rings. The first-order chi connectivity index (χ1) is 9.27. The Kier molecular flexibility index (Phi) is 3.47. The number of aliphatic carboxylic acids is 1. The standard InChI is InChI=1S/C12H7F4NO3/c13-9-2-1-6(3-8(9)12(14,15)16)11-17-7(5-20-11)4-10(18)19/h1-3,5H,4H2,(H,18,19). The van der Waals surface area contributed by atoms with E-state index in [1.54, 1.807) is 0 Å². The molecule has 0 atom stereocenters. The van der Waals surface area contributed by atoms with E-state index < -0.39 is 29.9 Å². The SMILES string of the molecule is O=C(O)Cc1coc(-c2ccc(F)c(C(F)(F)F)c2)n1. The number of nitrogens with zero attached hydrogens (tertiary/aromatic N) is 1. The highest BCUT2D eigenvalue weighted by Gasteiger charge is 2.34. The van der Waals surface area contributed by atoms with Gasteiger partial charge in [-0.1, -0.05) is 0 Å². The van der Waals surface area contributed by atoms with Crippen LogP contribution in [0.3, 0.4) is 0 Å². The maximum absolute atomic E-state index is 13.1. The number of carboxylic acids is 1. The molecule has 0 saturated heterocycles. The molecule has 0 saturated carbocycles. The zero-order valence-electron chi connectivity index (χ0n) is 9.74. The second-order valence-electron chi connectivity index (χ2n) is 3.91. The van der Waals surface area contributed by atoms with Crippen molar-refractivity contribution in [2.24, 2.45) is 0 Å². The zero-order valence-corrected chi connectivity index (χ0v) is 9.74. The monoisotopic (exact) mass is 289 g/mol. The molecular formula is C12H7F4NO3. The van der Waals surface area contributed by atoms with Crippen LogP contribution in [0, 0.1) is 5.82 Å². The number of oxazole rings is 1. The molecule has 0 radical (unpaired) electrons. The highest BCUT2D eigenvalue weighted by atomic mass is 19.4. The molecule has 4 nitrogen and oxygen atoms in total. The third-order valence-electron chi connectivity index (χ3n) is 2.40. The van der Waals surface area contributed by atoms with Crippen molar-refractivity contribution in [3.63, 3.8) is 0 Å². The minimum Gasteiger partial charge on any atom is -0.481 e. The van der Waals surface area contributed by atoms with Crippen molar-refractivity contribution in [2.75, 3.05) is 0 Å². The first-order valence-electron chi connectivity index (χ1n) is 5.30. The molecule has 0 aliphatic carbocycles. The molecule has 20 heavy (non-hydrogen) atoms. The first kappa shape index (κ1) is 14.0. The van der Waals surface area contributed by atoms with Crippen molar-refractivity contribution >= 4 is 5.97 Å². The van der Waals surface area contributed by atoms with Gasteiger partial charge in [-0.25, -0.2) is 9.37 Å². The Balaban J connectivity index is 2.38. The van der Waals surface area contributed by atoms with E-state index in [4.69, 9.17) is 9.52 Å². The maximum Gasteiger partial charge on any atom is 0.419 e. The predicted molar refractivity (Wildman–Crippen MR) is 58.2 cm³/mol. The fourth-order valence-electron chi connectivity index (χ4n) is 1.55. The number of aromatic nitrogens is 1. The minimum atomic E-state index is -4.84. The number of hydrogen-bond donors (Lipinski definition) is 1. The van der Waals surface area contributed by atoms with E-state index in [-0.39, 0.29) is 17.1 Å². The first-order valence-corrected chi connectivity index (χ1v) is 5.30. The molecule has 0 aliphatic heterocycles. The summed E-state index contributed by atoms with van der Waals surface area (Å²) >= 11 is 0. The Morgan fingerprint density at radius 3 is 2.65 bits per heavy atom. The van der Waals surface area contributed by atoms with Gasteiger partial charge in [-0.3, -0.25) is 4.79 Å². The van der Waals surface area contributed by atoms with Gasteiger partial charge in [0, 0.05) is 5.56 Å². The fourth-order valence-corrected chi connectivity index (χ4v) is 1.55. The smallest absolute Gasteiger partial charge is 0.419 e. The third kappa shape index (κ3) is 2.95. The normalized spacial score (nSPS) is 11.6. The average molecular weight is 289 g/mol. The number of alkyl halides is 3. The van der Waals surface area contributed by atoms with Gasteiger partial charge >= 0.3 is 12.1 Å². The van der Waals surface area contributed by atoms with Crippen molar-refractivity contribution in [1.29, 1.82) is 0 Å². The van der Waals surface area contributed by atoms with E-state index in [2.05, 4.69) is 4.98 Å². The van der Waals surface area contributed by atoms with Crippen molar-refractivity contribution in [1.82, 2.24) is 4.98 Å². The molecule has 0 spiro atoms. The van der Waals surface area contributed by atoms with Crippen molar-refractivity contribution in [2.45, 2.75) is 12.6 Å². The third-order valence-corrected chi connectivity index (χ3v) is 2.40. The Bertz CT molecular complexity index is 648. The molecule has 106 valence electrons. The summed E-state index contributed by atoms with van der Waals surface area (Å²) < 4.78 is 55.7. The van der Waals surface area contributed by atoms with Crippen LogP contribution in [0.15, 0.2) is 28.9 Å². The number of carbonyl (C=O) groups is 1. The van der Waals surface area contributed by atoms with Gasteiger partial charge in [-0.05, 0) is 18.2 Å². The van der Waals surface area contributed by atoms with Crippen LogP contribution in [0.4, 0.5) is 17.6 Å². The van der Waals surface area contributed by atoms with E-state index in [0.29, 0.717) is 12.1 Å². The lowest BCUT2D eigenvalue weighted by atomic mass is 10.1. The lowest BCUT2D eigenvalue weighted by Gasteiger charge is -2.08. The van der Waals surface area contributed by atoms with Crippen molar-refractivity contribution in [3.8, 4) is 11.5 Å². The average Bonchev–Trinajstić information content (AvgIpc) is 2.75. The molecule has 8 heteroatoms. The van der Waals surface area contributed by atoms with Gasteiger partial charge in [-0.15, -0.1) is 0 Å². The van der Waals surface area contributed by atoms with Gasteiger partial charge in [0.2, 0.25) is 5.89 Å². The number of benzene rings is 1. The fraction of sp³-hybridized carbons (Fsp3) is 0.167. The second-order valence-corrected chi connectivity index (χ2v) is 3.91. The summed E-state index contributed by atoms with van der Waals surface area (Å²) in [4.78, 5) is 14.2. The van der Waals surface area contributed by atoms with Crippen LogP contribution in [0.25, 0.3) is 11.5 Å². The van der Waals surface area contributed by atoms with Gasteiger partial charge in [0.15, 0.2) is 0 Å². The molecule has 0 unspecified atom stereocenters. The highest BCUT2D eigenvalue weighted by molar-refractivity contribution is 5.69. The molecule has 1 aromatic heterocycles. The maximum atomic E-state index is 13.1. The van der Waals surface area contributed by atoms with Crippen LogP contribution in [0.5, 0.6) is 0 Å².